The molecule has 0 unspecified atom stereocenters. The zero-order valence-electron chi connectivity index (χ0n) is 11.7. The molecule has 1 aromatic carbocycles. The summed E-state index contributed by atoms with van der Waals surface area (Å²) in [4.78, 5) is 20.7. The minimum Gasteiger partial charge on any atom is -0.480 e. The second-order valence-corrected chi connectivity index (χ2v) is 7.12. The van der Waals surface area contributed by atoms with Crippen molar-refractivity contribution in [2.75, 3.05) is 0 Å². The molecule has 0 radical (unpaired) electrons. The Morgan fingerprint density at radius 3 is 2.64 bits per heavy atom. The molecule has 0 aliphatic carbocycles. The molecule has 22 heavy (non-hydrogen) atoms. The maximum atomic E-state index is 12.3. The van der Waals surface area contributed by atoms with E-state index in [1.165, 1.54) is 6.07 Å². The summed E-state index contributed by atoms with van der Waals surface area (Å²) in [7, 11) is -4.34. The average Bonchev–Trinajstić information content (AvgIpc) is 2.42. The predicted octanol–water partition coefficient (Wildman–Crippen LogP) is 2.28. The van der Waals surface area contributed by atoms with Crippen molar-refractivity contribution < 1.29 is 23.2 Å². The van der Waals surface area contributed by atoms with Gasteiger partial charge in [0.25, 0.3) is 5.69 Å². The van der Waals surface area contributed by atoms with Gasteiger partial charge in [-0.05, 0) is 18.6 Å². The third kappa shape index (κ3) is 4.75. The van der Waals surface area contributed by atoms with E-state index in [1.54, 1.807) is 0 Å². The van der Waals surface area contributed by atoms with E-state index in [0.717, 1.165) is 12.1 Å². The summed E-state index contributed by atoms with van der Waals surface area (Å²) in [5.41, 5.74) is -0.615. The molecule has 0 saturated carbocycles. The molecule has 122 valence electrons. The zero-order valence-corrected chi connectivity index (χ0v) is 14.1. The normalized spacial score (nSPS) is 12.8. The number of nitro groups is 1. The molecule has 0 aliphatic rings. The van der Waals surface area contributed by atoms with Crippen LogP contribution in [0.25, 0.3) is 0 Å². The monoisotopic (exact) mass is 394 g/mol. The first-order chi connectivity index (χ1) is 10.2. The van der Waals surface area contributed by atoms with Crippen molar-refractivity contribution >= 4 is 37.6 Å². The Kier molecular flexibility index (Phi) is 6.45. The summed E-state index contributed by atoms with van der Waals surface area (Å²) in [5, 5.41) is 20.0. The summed E-state index contributed by atoms with van der Waals surface area (Å²) in [6.07, 6.45) is 1.31. The van der Waals surface area contributed by atoms with Crippen LogP contribution in [0, 0.1) is 10.1 Å². The molecular weight excluding hydrogens is 380 g/mol. The van der Waals surface area contributed by atoms with Crippen LogP contribution in [0.1, 0.15) is 26.2 Å². The molecule has 0 aliphatic heterocycles. The summed E-state index contributed by atoms with van der Waals surface area (Å²) in [6.45, 7) is 1.84. The number of nitrogens with one attached hydrogen (secondary N) is 1. The van der Waals surface area contributed by atoms with Gasteiger partial charge in [0.2, 0.25) is 10.0 Å². The van der Waals surface area contributed by atoms with Gasteiger partial charge in [-0.15, -0.1) is 0 Å². The van der Waals surface area contributed by atoms with Crippen molar-refractivity contribution in [2.24, 2.45) is 0 Å². The number of sulfonamides is 1. The van der Waals surface area contributed by atoms with Crippen molar-refractivity contribution in [3.05, 3.63) is 32.8 Å². The molecule has 1 atom stereocenters. The molecule has 1 aromatic rings. The van der Waals surface area contributed by atoms with Gasteiger partial charge in [0.15, 0.2) is 4.90 Å². The fraction of sp³-hybridized carbons (Fsp3) is 0.417. The lowest BCUT2D eigenvalue weighted by Crippen LogP contribution is -2.40. The van der Waals surface area contributed by atoms with Gasteiger partial charge in [-0.25, -0.2) is 8.42 Å². The van der Waals surface area contributed by atoms with Gasteiger partial charge in [-0.1, -0.05) is 35.7 Å². The molecule has 0 bridgehead atoms. The lowest BCUT2D eigenvalue weighted by Gasteiger charge is -2.14. The second-order valence-electron chi connectivity index (χ2n) is 4.52. The van der Waals surface area contributed by atoms with Gasteiger partial charge in [-0.2, -0.15) is 4.72 Å². The Bertz CT molecular complexity index is 676. The highest BCUT2D eigenvalue weighted by atomic mass is 79.9. The molecule has 0 heterocycles. The first-order valence-corrected chi connectivity index (χ1v) is 8.65. The number of hydrogen-bond donors (Lipinski definition) is 2. The minimum atomic E-state index is -4.34. The third-order valence-electron chi connectivity index (χ3n) is 2.85. The SMILES string of the molecule is CCCC[C@H](NS(=O)(=O)c1cc(Br)ccc1[N+](=O)[O-])C(=O)O. The molecular formula is C12H15BrN2O6S. The molecule has 0 fully saturated rings. The summed E-state index contributed by atoms with van der Waals surface area (Å²) < 4.78 is 26.9. The topological polar surface area (TPSA) is 127 Å². The van der Waals surface area contributed by atoms with Gasteiger partial charge < -0.3 is 5.11 Å². The second kappa shape index (κ2) is 7.65. The smallest absolute Gasteiger partial charge is 0.321 e. The van der Waals surface area contributed by atoms with Crippen LogP contribution in [0.15, 0.2) is 27.6 Å². The Balaban J connectivity index is 3.20. The van der Waals surface area contributed by atoms with Crippen molar-refractivity contribution in [1.82, 2.24) is 4.72 Å². The van der Waals surface area contributed by atoms with E-state index in [9.17, 15) is 23.3 Å². The number of nitrogens with zero attached hydrogens (tertiary/aromatic N) is 1. The van der Waals surface area contributed by atoms with Crippen LogP contribution in [0.2, 0.25) is 0 Å². The molecule has 0 spiro atoms. The number of aliphatic carboxylic acids is 1. The van der Waals surface area contributed by atoms with E-state index in [1.807, 2.05) is 11.6 Å². The van der Waals surface area contributed by atoms with Gasteiger partial charge in [-0.3, -0.25) is 14.9 Å². The molecule has 0 saturated heterocycles. The summed E-state index contributed by atoms with van der Waals surface area (Å²) in [5.74, 6) is -1.32. The number of benzene rings is 1. The van der Waals surface area contributed by atoms with Crippen molar-refractivity contribution in [2.45, 2.75) is 37.1 Å². The van der Waals surface area contributed by atoms with Crippen LogP contribution in [0.3, 0.4) is 0 Å². The first kappa shape index (κ1) is 18.5. The van der Waals surface area contributed by atoms with E-state index in [4.69, 9.17) is 5.11 Å². The lowest BCUT2D eigenvalue weighted by atomic mass is 10.1. The highest BCUT2D eigenvalue weighted by Gasteiger charge is 2.30. The zero-order chi connectivity index (χ0) is 16.9. The van der Waals surface area contributed by atoms with Gasteiger partial charge >= 0.3 is 5.97 Å². The molecule has 0 amide bonds. The number of carboxylic acid groups (broad SMARTS) is 1. The van der Waals surface area contributed by atoms with E-state index in [2.05, 4.69) is 15.9 Å². The summed E-state index contributed by atoms with van der Waals surface area (Å²) in [6, 6.07) is 2.12. The van der Waals surface area contributed by atoms with E-state index in [0.29, 0.717) is 17.3 Å². The Morgan fingerprint density at radius 1 is 1.50 bits per heavy atom. The molecule has 1 rings (SSSR count). The summed E-state index contributed by atoms with van der Waals surface area (Å²) >= 11 is 3.04. The maximum Gasteiger partial charge on any atom is 0.321 e. The number of carbonyl (C=O) groups is 1. The Morgan fingerprint density at radius 2 is 2.14 bits per heavy atom. The van der Waals surface area contributed by atoms with Crippen molar-refractivity contribution in [1.29, 1.82) is 0 Å². The molecule has 10 heteroatoms. The number of nitro benzene ring substituents is 1. The maximum absolute atomic E-state index is 12.3. The van der Waals surface area contributed by atoms with Crippen LogP contribution in [0.5, 0.6) is 0 Å². The van der Waals surface area contributed by atoms with E-state index >= 15 is 0 Å². The number of rotatable bonds is 8. The van der Waals surface area contributed by atoms with Crippen LogP contribution in [-0.4, -0.2) is 30.5 Å². The number of halogens is 1. The fourth-order valence-electron chi connectivity index (χ4n) is 1.75. The number of hydrogen-bond acceptors (Lipinski definition) is 5. The van der Waals surface area contributed by atoms with Gasteiger partial charge in [0.1, 0.15) is 6.04 Å². The quantitative estimate of drug-likeness (QED) is 0.514. The predicted molar refractivity (Wildman–Crippen MR) is 82.1 cm³/mol. The molecule has 2 N–H and O–H groups in total. The lowest BCUT2D eigenvalue weighted by molar-refractivity contribution is -0.387. The van der Waals surface area contributed by atoms with Crippen LogP contribution < -0.4 is 4.72 Å². The first-order valence-electron chi connectivity index (χ1n) is 6.38. The third-order valence-corrected chi connectivity index (χ3v) is 4.84. The standard InChI is InChI=1S/C12H15BrN2O6S/c1-2-3-4-9(12(16)17)14-22(20,21)11-7-8(13)5-6-10(11)15(18)19/h5-7,9,14H,2-4H2,1H3,(H,16,17)/t9-/m0/s1. The van der Waals surface area contributed by atoms with Gasteiger partial charge in [0, 0.05) is 10.5 Å². The van der Waals surface area contributed by atoms with E-state index < -0.39 is 37.5 Å². The fourth-order valence-corrected chi connectivity index (χ4v) is 3.68. The van der Waals surface area contributed by atoms with E-state index in [-0.39, 0.29) is 6.42 Å². The average molecular weight is 395 g/mol. The number of unbranched alkanes of at least 4 members (excludes halogenated alkanes) is 1. The highest BCUT2D eigenvalue weighted by molar-refractivity contribution is 9.10. The van der Waals surface area contributed by atoms with Crippen molar-refractivity contribution in [3.8, 4) is 0 Å². The molecule has 0 aromatic heterocycles. The highest BCUT2D eigenvalue weighted by Crippen LogP contribution is 2.27. The molecule has 8 nitrogen and oxygen atoms in total. The van der Waals surface area contributed by atoms with Crippen LogP contribution in [0.4, 0.5) is 5.69 Å². The van der Waals surface area contributed by atoms with Crippen LogP contribution in [-0.2, 0) is 14.8 Å². The Hall–Kier alpha value is -1.52. The Labute approximate surface area is 135 Å². The van der Waals surface area contributed by atoms with Crippen molar-refractivity contribution in [3.63, 3.8) is 0 Å². The van der Waals surface area contributed by atoms with Gasteiger partial charge in [0.05, 0.1) is 4.92 Å². The largest absolute Gasteiger partial charge is 0.480 e. The van der Waals surface area contributed by atoms with Crippen LogP contribution >= 0.6 is 15.9 Å². The number of carboxylic acids is 1. The minimum absolute atomic E-state index is 0.104.